The molecule has 0 heterocycles. The van der Waals surface area contributed by atoms with E-state index in [9.17, 15) is 17.6 Å². The topological polar surface area (TPSA) is 12.0 Å². The van der Waals surface area contributed by atoms with E-state index in [0.717, 1.165) is 0 Å². The normalized spacial score (nSPS) is 13.4. The van der Waals surface area contributed by atoms with E-state index in [1.807, 2.05) is 0 Å². The molecule has 0 aliphatic carbocycles. The Morgan fingerprint density at radius 1 is 1.33 bits per heavy atom. The standard InChI is InChI=1S/C12H14BrF4N/c1-8(3-2-6-12(15,16)17)18-11-5-4-9(13)7-10(11)14/h4-5,7-8,18H,2-3,6H2,1H3. The lowest BCUT2D eigenvalue weighted by molar-refractivity contribution is -0.135. The Morgan fingerprint density at radius 3 is 2.56 bits per heavy atom. The minimum Gasteiger partial charge on any atom is -0.380 e. The SMILES string of the molecule is CC(CCCC(F)(F)F)Nc1ccc(Br)cc1F. The smallest absolute Gasteiger partial charge is 0.380 e. The second kappa shape index (κ2) is 6.41. The molecule has 1 N–H and O–H groups in total. The van der Waals surface area contributed by atoms with Crippen LogP contribution in [-0.4, -0.2) is 12.2 Å². The Labute approximate surface area is 112 Å². The first-order valence-electron chi connectivity index (χ1n) is 5.56. The van der Waals surface area contributed by atoms with Crippen molar-refractivity contribution in [1.82, 2.24) is 0 Å². The van der Waals surface area contributed by atoms with Crippen LogP contribution in [0, 0.1) is 5.82 Å². The summed E-state index contributed by atoms with van der Waals surface area (Å²) >= 11 is 3.13. The molecular weight excluding hydrogens is 314 g/mol. The van der Waals surface area contributed by atoms with Crippen molar-refractivity contribution in [3.63, 3.8) is 0 Å². The third kappa shape index (κ3) is 5.71. The van der Waals surface area contributed by atoms with Crippen molar-refractivity contribution >= 4 is 21.6 Å². The Balaban J connectivity index is 2.42. The average Bonchev–Trinajstić information content (AvgIpc) is 2.20. The number of anilines is 1. The maximum atomic E-state index is 13.4. The minimum atomic E-state index is -4.12. The summed E-state index contributed by atoms with van der Waals surface area (Å²) in [5.41, 5.74) is 0.303. The van der Waals surface area contributed by atoms with E-state index in [1.165, 1.54) is 6.07 Å². The lowest BCUT2D eigenvalue weighted by Gasteiger charge is -2.16. The summed E-state index contributed by atoms with van der Waals surface area (Å²) in [6, 6.07) is 4.33. The van der Waals surface area contributed by atoms with Crippen LogP contribution >= 0.6 is 15.9 Å². The molecule has 6 heteroatoms. The molecule has 0 amide bonds. The van der Waals surface area contributed by atoms with Gasteiger partial charge in [-0.1, -0.05) is 15.9 Å². The summed E-state index contributed by atoms with van der Waals surface area (Å²) in [6.07, 6.45) is -4.55. The highest BCUT2D eigenvalue weighted by molar-refractivity contribution is 9.10. The van der Waals surface area contributed by atoms with Crippen molar-refractivity contribution < 1.29 is 17.6 Å². The van der Waals surface area contributed by atoms with Gasteiger partial charge in [0.15, 0.2) is 0 Å². The summed E-state index contributed by atoms with van der Waals surface area (Å²) in [5.74, 6) is -0.424. The van der Waals surface area contributed by atoms with Gasteiger partial charge in [0.2, 0.25) is 0 Å². The van der Waals surface area contributed by atoms with E-state index in [2.05, 4.69) is 21.2 Å². The fourth-order valence-corrected chi connectivity index (χ4v) is 1.89. The molecule has 0 saturated carbocycles. The van der Waals surface area contributed by atoms with Crippen molar-refractivity contribution in [3.05, 3.63) is 28.5 Å². The van der Waals surface area contributed by atoms with E-state index in [1.54, 1.807) is 19.1 Å². The van der Waals surface area contributed by atoms with Crippen molar-refractivity contribution in [1.29, 1.82) is 0 Å². The zero-order valence-electron chi connectivity index (χ0n) is 9.82. The van der Waals surface area contributed by atoms with Crippen LogP contribution in [0.4, 0.5) is 23.2 Å². The molecule has 0 radical (unpaired) electrons. The molecule has 0 fully saturated rings. The van der Waals surface area contributed by atoms with Crippen LogP contribution in [0.25, 0.3) is 0 Å². The third-order valence-electron chi connectivity index (χ3n) is 2.43. The van der Waals surface area contributed by atoms with Gasteiger partial charge < -0.3 is 5.32 Å². The number of hydrogen-bond acceptors (Lipinski definition) is 1. The summed E-state index contributed by atoms with van der Waals surface area (Å²) < 4.78 is 49.9. The van der Waals surface area contributed by atoms with Crippen molar-refractivity contribution in [3.8, 4) is 0 Å². The highest BCUT2D eigenvalue weighted by Gasteiger charge is 2.26. The molecule has 0 aliphatic heterocycles. The van der Waals surface area contributed by atoms with E-state index in [0.29, 0.717) is 16.6 Å². The van der Waals surface area contributed by atoms with E-state index in [-0.39, 0.29) is 12.5 Å². The predicted octanol–water partition coefficient (Wildman–Crippen LogP) is 5.12. The van der Waals surface area contributed by atoms with Gasteiger partial charge in [-0.05, 0) is 38.0 Å². The number of alkyl halides is 3. The van der Waals surface area contributed by atoms with E-state index < -0.39 is 18.4 Å². The van der Waals surface area contributed by atoms with Gasteiger partial charge in [0.1, 0.15) is 5.82 Å². The van der Waals surface area contributed by atoms with Crippen LogP contribution < -0.4 is 5.32 Å². The van der Waals surface area contributed by atoms with Crippen molar-refractivity contribution in [2.24, 2.45) is 0 Å². The number of rotatable bonds is 5. The largest absolute Gasteiger partial charge is 0.389 e. The molecule has 0 spiro atoms. The number of hydrogen-bond donors (Lipinski definition) is 1. The fraction of sp³-hybridized carbons (Fsp3) is 0.500. The van der Waals surface area contributed by atoms with Gasteiger partial charge in [0.05, 0.1) is 5.69 Å². The molecule has 1 nitrogen and oxygen atoms in total. The first-order valence-corrected chi connectivity index (χ1v) is 6.35. The fourth-order valence-electron chi connectivity index (χ4n) is 1.55. The minimum absolute atomic E-state index is 0.0375. The molecule has 102 valence electrons. The number of nitrogens with one attached hydrogen (secondary N) is 1. The molecule has 1 aromatic rings. The first kappa shape index (κ1) is 15.3. The summed E-state index contributed by atoms with van der Waals surface area (Å²) in [6.45, 7) is 1.73. The molecule has 0 bridgehead atoms. The zero-order chi connectivity index (χ0) is 13.8. The third-order valence-corrected chi connectivity index (χ3v) is 2.92. The van der Waals surface area contributed by atoms with Crippen molar-refractivity contribution in [2.45, 2.75) is 38.4 Å². The van der Waals surface area contributed by atoms with Gasteiger partial charge in [-0.2, -0.15) is 13.2 Å². The molecule has 0 saturated heterocycles. The molecule has 1 atom stereocenters. The van der Waals surface area contributed by atoms with Gasteiger partial charge in [-0.3, -0.25) is 0 Å². The van der Waals surface area contributed by atoms with Gasteiger partial charge in [-0.25, -0.2) is 4.39 Å². The van der Waals surface area contributed by atoms with Crippen LogP contribution in [0.2, 0.25) is 0 Å². The van der Waals surface area contributed by atoms with E-state index in [4.69, 9.17) is 0 Å². The average molecular weight is 328 g/mol. The monoisotopic (exact) mass is 327 g/mol. The highest BCUT2D eigenvalue weighted by Crippen LogP contribution is 2.24. The molecule has 0 aliphatic rings. The lowest BCUT2D eigenvalue weighted by Crippen LogP contribution is -2.17. The summed E-state index contributed by atoms with van der Waals surface area (Å²) in [5, 5.41) is 2.86. The summed E-state index contributed by atoms with van der Waals surface area (Å²) in [4.78, 5) is 0. The number of benzene rings is 1. The van der Waals surface area contributed by atoms with Gasteiger partial charge in [0, 0.05) is 16.9 Å². The Bertz CT molecular complexity index is 392. The van der Waals surface area contributed by atoms with Crippen LogP contribution in [0.1, 0.15) is 26.2 Å². The van der Waals surface area contributed by atoms with Crippen molar-refractivity contribution in [2.75, 3.05) is 5.32 Å². The molecular formula is C12H14BrF4N. The molecule has 18 heavy (non-hydrogen) atoms. The second-order valence-electron chi connectivity index (χ2n) is 4.18. The molecule has 1 rings (SSSR count). The van der Waals surface area contributed by atoms with Crippen LogP contribution in [0.5, 0.6) is 0 Å². The van der Waals surface area contributed by atoms with E-state index >= 15 is 0 Å². The van der Waals surface area contributed by atoms with Crippen LogP contribution in [0.15, 0.2) is 22.7 Å². The van der Waals surface area contributed by atoms with Crippen LogP contribution in [0.3, 0.4) is 0 Å². The highest BCUT2D eigenvalue weighted by atomic mass is 79.9. The summed E-state index contributed by atoms with van der Waals surface area (Å²) in [7, 11) is 0. The van der Waals surface area contributed by atoms with Gasteiger partial charge >= 0.3 is 6.18 Å². The van der Waals surface area contributed by atoms with Crippen LogP contribution in [-0.2, 0) is 0 Å². The Hall–Kier alpha value is -0.780. The maximum absolute atomic E-state index is 13.4. The Kier molecular flexibility index (Phi) is 5.44. The zero-order valence-corrected chi connectivity index (χ0v) is 11.4. The van der Waals surface area contributed by atoms with Gasteiger partial charge in [0.25, 0.3) is 0 Å². The number of halogens is 5. The molecule has 1 aromatic carbocycles. The van der Waals surface area contributed by atoms with Gasteiger partial charge in [-0.15, -0.1) is 0 Å². The predicted molar refractivity (Wildman–Crippen MR) is 67.1 cm³/mol. The maximum Gasteiger partial charge on any atom is 0.389 e. The molecule has 0 aromatic heterocycles. The first-order chi connectivity index (χ1) is 8.28. The molecule has 1 unspecified atom stereocenters. The quantitative estimate of drug-likeness (QED) is 0.740. The lowest BCUT2D eigenvalue weighted by atomic mass is 10.1. The Morgan fingerprint density at radius 2 is 2.00 bits per heavy atom. The second-order valence-corrected chi connectivity index (χ2v) is 5.09.